The van der Waals surface area contributed by atoms with Crippen molar-refractivity contribution in [3.63, 3.8) is 0 Å². The van der Waals surface area contributed by atoms with Gasteiger partial charge in [-0.05, 0) is 96.3 Å². The molecule has 7 N–H and O–H groups in total. The van der Waals surface area contributed by atoms with Gasteiger partial charge in [-0.1, -0.05) is 112 Å². The van der Waals surface area contributed by atoms with Crippen LogP contribution in [0.25, 0.3) is 0 Å². The maximum absolute atomic E-state index is 12.8. The summed E-state index contributed by atoms with van der Waals surface area (Å²) in [5.41, 5.74) is 0. The lowest BCUT2D eigenvalue weighted by atomic mass is 9.85. The molecule has 1 aliphatic rings. The predicted octanol–water partition coefficient (Wildman–Crippen LogP) is 7.47. The molecular formula is C47H77O14P. The van der Waals surface area contributed by atoms with Gasteiger partial charge >= 0.3 is 19.8 Å². The van der Waals surface area contributed by atoms with Crippen LogP contribution in [-0.4, -0.2) is 110 Å². The van der Waals surface area contributed by atoms with Gasteiger partial charge in [0.15, 0.2) is 6.10 Å². The first kappa shape index (κ1) is 57.0. The van der Waals surface area contributed by atoms with Gasteiger partial charge in [-0.15, -0.1) is 0 Å². The summed E-state index contributed by atoms with van der Waals surface area (Å²) in [7, 11) is -5.15. The lowest BCUT2D eigenvalue weighted by Crippen LogP contribution is -2.64. The van der Waals surface area contributed by atoms with Crippen molar-refractivity contribution >= 4 is 19.8 Å². The van der Waals surface area contributed by atoms with Crippen LogP contribution >= 0.6 is 7.82 Å². The third-order valence-corrected chi connectivity index (χ3v) is 10.9. The van der Waals surface area contributed by atoms with E-state index < -0.39 is 75.7 Å². The molecule has 0 aromatic heterocycles. The Morgan fingerprint density at radius 3 is 1.50 bits per heavy atom. The van der Waals surface area contributed by atoms with Crippen LogP contribution in [0.3, 0.4) is 0 Å². The van der Waals surface area contributed by atoms with E-state index in [2.05, 4.69) is 73.8 Å². The lowest BCUT2D eigenvalue weighted by molar-refractivity contribution is -0.220. The molecule has 354 valence electrons. The van der Waals surface area contributed by atoms with Gasteiger partial charge in [0, 0.05) is 12.8 Å². The van der Waals surface area contributed by atoms with Crippen molar-refractivity contribution in [1.29, 1.82) is 0 Å². The van der Waals surface area contributed by atoms with Crippen LogP contribution in [0.2, 0.25) is 0 Å². The van der Waals surface area contributed by atoms with Gasteiger partial charge in [-0.3, -0.25) is 18.6 Å². The van der Waals surface area contributed by atoms with Crippen molar-refractivity contribution in [2.24, 2.45) is 0 Å². The first-order valence-corrected chi connectivity index (χ1v) is 24.0. The van der Waals surface area contributed by atoms with Crippen LogP contribution in [0.5, 0.6) is 0 Å². The average Bonchev–Trinajstić information content (AvgIpc) is 3.25. The predicted molar refractivity (Wildman–Crippen MR) is 241 cm³/mol. The van der Waals surface area contributed by atoms with Crippen LogP contribution in [0, 0.1) is 0 Å². The molecule has 1 fully saturated rings. The second kappa shape index (κ2) is 36.3. The second-order valence-electron chi connectivity index (χ2n) is 15.3. The molecule has 3 unspecified atom stereocenters. The van der Waals surface area contributed by atoms with E-state index in [-0.39, 0.29) is 18.9 Å². The number of hydrogen-bond acceptors (Lipinski definition) is 13. The number of esters is 2. The zero-order valence-corrected chi connectivity index (χ0v) is 37.9. The fourth-order valence-corrected chi connectivity index (χ4v) is 7.00. The first-order chi connectivity index (χ1) is 29.8. The number of aliphatic hydroxyl groups is 6. The third-order valence-electron chi connectivity index (χ3n) is 9.87. The van der Waals surface area contributed by atoms with Crippen molar-refractivity contribution in [2.45, 2.75) is 185 Å². The number of allylic oxidation sites excluding steroid dienone is 14. The van der Waals surface area contributed by atoms with Gasteiger partial charge in [-0.25, -0.2) is 4.57 Å². The Morgan fingerprint density at radius 2 is 1.00 bits per heavy atom. The summed E-state index contributed by atoms with van der Waals surface area (Å²) in [6, 6.07) is 0. The van der Waals surface area contributed by atoms with Crippen LogP contribution in [0.15, 0.2) is 85.1 Å². The third kappa shape index (κ3) is 28.6. The van der Waals surface area contributed by atoms with Crippen LogP contribution in [0.1, 0.15) is 136 Å². The summed E-state index contributed by atoms with van der Waals surface area (Å²) in [4.78, 5) is 35.6. The number of unbranched alkanes of at least 4 members (excludes halogenated alkanes) is 6. The summed E-state index contributed by atoms with van der Waals surface area (Å²) in [5, 5.41) is 59.7. The minimum absolute atomic E-state index is 0.0245. The highest BCUT2D eigenvalue weighted by Crippen LogP contribution is 2.47. The van der Waals surface area contributed by atoms with Gasteiger partial charge in [0.1, 0.15) is 43.2 Å². The van der Waals surface area contributed by atoms with E-state index >= 15 is 0 Å². The molecule has 0 bridgehead atoms. The standard InChI is InChI=1S/C47H77O14P/c1-3-5-6-7-8-9-10-11-12-17-20-23-26-29-32-35-41(50)60-39(37-59-62(56,57)61-47-45(54)43(52)42(51)44(53)46(47)55)36-58-40(49)34-31-28-25-22-19-16-14-13-15-18-21-24-27-30-33-38(48)4-2/h8-9,11-12,14-16,18,20,22-25,27,38-39,42-48,51-55H,3-7,10,13,17,19,21,26,28-37H2,1-2H3,(H,56,57)/b9-8-,12-11-,16-14-,18-15-,23-20-,25-22-,27-24-/t38-,39+,42?,43-,44+,45+,46+,47?/m0/s1. The van der Waals surface area contributed by atoms with Crippen LogP contribution < -0.4 is 0 Å². The van der Waals surface area contributed by atoms with E-state index in [0.717, 1.165) is 64.2 Å². The highest BCUT2D eigenvalue weighted by atomic mass is 31.2. The molecule has 0 heterocycles. The first-order valence-electron chi connectivity index (χ1n) is 22.5. The number of hydrogen-bond donors (Lipinski definition) is 7. The molecule has 14 nitrogen and oxygen atoms in total. The van der Waals surface area contributed by atoms with E-state index in [4.69, 9.17) is 18.5 Å². The van der Waals surface area contributed by atoms with Crippen molar-refractivity contribution in [1.82, 2.24) is 0 Å². The topological polar surface area (TPSA) is 230 Å². The monoisotopic (exact) mass is 897 g/mol. The number of carbonyl (C=O) groups is 2. The number of carbonyl (C=O) groups excluding carboxylic acids is 2. The summed E-state index contributed by atoms with van der Waals surface area (Å²) in [5.74, 6) is -1.24. The Bertz CT molecular complexity index is 1420. The Morgan fingerprint density at radius 1 is 0.565 bits per heavy atom. The molecule has 0 saturated heterocycles. The minimum atomic E-state index is -5.15. The molecule has 0 spiro atoms. The molecule has 1 aliphatic carbocycles. The summed E-state index contributed by atoms with van der Waals surface area (Å²) < 4.78 is 33.4. The summed E-state index contributed by atoms with van der Waals surface area (Å²) in [6.45, 7) is 2.89. The lowest BCUT2D eigenvalue weighted by Gasteiger charge is -2.41. The van der Waals surface area contributed by atoms with Gasteiger partial charge in [0.2, 0.25) is 0 Å². The Balaban J connectivity index is 2.56. The fourth-order valence-electron chi connectivity index (χ4n) is 6.03. The molecule has 0 aromatic rings. The summed E-state index contributed by atoms with van der Waals surface area (Å²) in [6.07, 6.45) is 30.2. The number of ether oxygens (including phenoxy) is 2. The van der Waals surface area contributed by atoms with E-state index in [1.165, 1.54) is 19.3 Å². The summed E-state index contributed by atoms with van der Waals surface area (Å²) >= 11 is 0. The van der Waals surface area contributed by atoms with Crippen LogP contribution in [0.4, 0.5) is 0 Å². The fraction of sp³-hybridized carbons (Fsp3) is 0.660. The molecule has 15 heteroatoms. The van der Waals surface area contributed by atoms with Gasteiger partial charge in [-0.2, -0.15) is 0 Å². The molecule has 0 aliphatic heterocycles. The van der Waals surface area contributed by atoms with E-state index in [1.54, 1.807) is 0 Å². The van der Waals surface area contributed by atoms with Crippen molar-refractivity contribution < 1.29 is 68.2 Å². The molecule has 0 radical (unpaired) electrons. The Hall–Kier alpha value is -3.01. The number of aliphatic hydroxyl groups excluding tert-OH is 6. The number of phosphoric ester groups is 1. The molecular weight excluding hydrogens is 819 g/mol. The Kier molecular flexibility index (Phi) is 33.4. The molecule has 1 rings (SSSR count). The smallest absolute Gasteiger partial charge is 0.462 e. The highest BCUT2D eigenvalue weighted by Gasteiger charge is 2.51. The quantitative estimate of drug-likeness (QED) is 0.0142. The second-order valence-corrected chi connectivity index (χ2v) is 16.7. The molecule has 62 heavy (non-hydrogen) atoms. The van der Waals surface area contributed by atoms with E-state index in [1.807, 2.05) is 25.2 Å². The molecule has 0 aromatic carbocycles. The maximum atomic E-state index is 12.8. The van der Waals surface area contributed by atoms with Crippen LogP contribution in [-0.2, 0) is 32.7 Å². The molecule has 9 atom stereocenters. The largest absolute Gasteiger partial charge is 0.472 e. The van der Waals surface area contributed by atoms with Crippen molar-refractivity contribution in [2.75, 3.05) is 13.2 Å². The van der Waals surface area contributed by atoms with Gasteiger partial charge in [0.05, 0.1) is 12.7 Å². The molecule has 1 saturated carbocycles. The SMILES string of the molecule is CCCCC/C=C\C/C=C\C/C=C\CCCCC(=O)O[C@H](COC(=O)CCC/C=C\C/C=C\C/C=C\C/C=C\CC[C@@H](O)CC)COP(=O)(O)OC1[C@H](O)[C@H](O)C(O)[C@H](O)[C@H]1O. The zero-order valence-electron chi connectivity index (χ0n) is 37.0. The van der Waals surface area contributed by atoms with Crippen molar-refractivity contribution in [3.8, 4) is 0 Å². The van der Waals surface area contributed by atoms with Gasteiger partial charge < -0.3 is 45.0 Å². The number of phosphoric acid groups is 1. The van der Waals surface area contributed by atoms with Crippen molar-refractivity contribution in [3.05, 3.63) is 85.1 Å². The van der Waals surface area contributed by atoms with Gasteiger partial charge in [0.25, 0.3) is 0 Å². The van der Waals surface area contributed by atoms with E-state index in [9.17, 15) is 49.7 Å². The zero-order chi connectivity index (χ0) is 45.9. The Labute approximate surface area is 370 Å². The molecule has 0 amide bonds. The average molecular weight is 897 g/mol. The minimum Gasteiger partial charge on any atom is -0.462 e. The van der Waals surface area contributed by atoms with E-state index in [0.29, 0.717) is 25.7 Å². The number of rotatable bonds is 35. The normalized spacial score (nSPS) is 23.2. The highest BCUT2D eigenvalue weighted by molar-refractivity contribution is 7.47. The maximum Gasteiger partial charge on any atom is 0.472 e.